The summed E-state index contributed by atoms with van der Waals surface area (Å²) in [5.74, 6) is -0.0505. The van der Waals surface area contributed by atoms with E-state index in [4.69, 9.17) is 16.3 Å². The molecule has 0 radical (unpaired) electrons. The lowest BCUT2D eigenvalue weighted by Gasteiger charge is -2.11. The van der Waals surface area contributed by atoms with Crippen LogP contribution in [0.2, 0.25) is 5.02 Å². The highest BCUT2D eigenvalue weighted by Gasteiger charge is 2.13. The van der Waals surface area contributed by atoms with Crippen LogP contribution in [-0.2, 0) is 4.79 Å². The molecule has 2 N–H and O–H groups in total. The average Bonchev–Trinajstić information content (AvgIpc) is 2.54. The van der Waals surface area contributed by atoms with E-state index in [1.165, 1.54) is 25.3 Å². The molecule has 0 spiro atoms. The summed E-state index contributed by atoms with van der Waals surface area (Å²) in [6.45, 7) is -0.0461. The Morgan fingerprint density at radius 3 is 2.65 bits per heavy atom. The second-order valence-corrected chi connectivity index (χ2v) is 4.93. The van der Waals surface area contributed by atoms with Gasteiger partial charge in [0, 0.05) is 12.1 Å². The van der Waals surface area contributed by atoms with Crippen molar-refractivity contribution in [2.24, 2.45) is 0 Å². The predicted octanol–water partition coefficient (Wildman–Crippen LogP) is 3.31. The quantitative estimate of drug-likeness (QED) is 0.624. The molecular weight excluding hydrogens is 322 g/mol. The van der Waals surface area contributed by atoms with E-state index in [-0.39, 0.29) is 23.8 Å². The number of nitro benzene ring substituents is 1. The molecule has 7 nitrogen and oxygen atoms in total. The van der Waals surface area contributed by atoms with Crippen LogP contribution in [0.3, 0.4) is 0 Å². The second kappa shape index (κ2) is 7.46. The van der Waals surface area contributed by atoms with Gasteiger partial charge in [-0.1, -0.05) is 23.7 Å². The standard InChI is InChI=1S/C15H14ClN3O4/c1-23-14-7-6-10(19(21)22)8-13(14)18-15(20)9-17-12-5-3-2-4-11(12)16/h2-8,17H,9H2,1H3,(H,18,20). The number of benzene rings is 2. The fraction of sp³-hybridized carbons (Fsp3) is 0.133. The van der Waals surface area contributed by atoms with E-state index in [2.05, 4.69) is 10.6 Å². The molecule has 8 heteroatoms. The molecule has 0 aliphatic rings. The largest absolute Gasteiger partial charge is 0.495 e. The van der Waals surface area contributed by atoms with Crippen molar-refractivity contribution in [3.63, 3.8) is 0 Å². The molecule has 0 saturated carbocycles. The number of halogens is 1. The highest BCUT2D eigenvalue weighted by Crippen LogP contribution is 2.28. The van der Waals surface area contributed by atoms with Gasteiger partial charge in [-0.25, -0.2) is 0 Å². The highest BCUT2D eigenvalue weighted by atomic mass is 35.5. The van der Waals surface area contributed by atoms with Crippen LogP contribution in [0.5, 0.6) is 5.75 Å². The van der Waals surface area contributed by atoms with Crippen LogP contribution in [0, 0.1) is 10.1 Å². The van der Waals surface area contributed by atoms with E-state index in [1.807, 2.05) is 0 Å². The minimum Gasteiger partial charge on any atom is -0.495 e. The number of nitrogens with zero attached hydrogens (tertiary/aromatic N) is 1. The molecule has 0 aromatic heterocycles. The molecule has 0 aliphatic carbocycles. The van der Waals surface area contributed by atoms with E-state index in [0.29, 0.717) is 16.5 Å². The summed E-state index contributed by atoms with van der Waals surface area (Å²) < 4.78 is 5.08. The third-order valence-electron chi connectivity index (χ3n) is 2.98. The molecule has 120 valence electrons. The first-order chi connectivity index (χ1) is 11.0. The van der Waals surface area contributed by atoms with Crippen molar-refractivity contribution in [3.05, 3.63) is 57.6 Å². The number of methoxy groups -OCH3 is 1. The molecule has 1 amide bonds. The van der Waals surface area contributed by atoms with Gasteiger partial charge < -0.3 is 15.4 Å². The van der Waals surface area contributed by atoms with E-state index < -0.39 is 4.92 Å². The van der Waals surface area contributed by atoms with Gasteiger partial charge in [0.25, 0.3) is 5.69 Å². The number of hydrogen-bond donors (Lipinski definition) is 2. The molecule has 0 bridgehead atoms. The third kappa shape index (κ3) is 4.33. The normalized spacial score (nSPS) is 10.0. The zero-order valence-corrected chi connectivity index (χ0v) is 13.0. The van der Waals surface area contributed by atoms with Gasteiger partial charge >= 0.3 is 0 Å². The van der Waals surface area contributed by atoms with E-state index in [9.17, 15) is 14.9 Å². The summed E-state index contributed by atoms with van der Waals surface area (Å²) in [5.41, 5.74) is 0.711. The van der Waals surface area contributed by atoms with E-state index >= 15 is 0 Å². The maximum atomic E-state index is 12.0. The zero-order valence-electron chi connectivity index (χ0n) is 12.2. The van der Waals surface area contributed by atoms with Gasteiger partial charge in [-0.3, -0.25) is 14.9 Å². The number of non-ortho nitro benzene ring substituents is 1. The van der Waals surface area contributed by atoms with E-state index in [1.54, 1.807) is 24.3 Å². The molecule has 0 fully saturated rings. The van der Waals surface area contributed by atoms with Crippen molar-refractivity contribution in [1.29, 1.82) is 0 Å². The molecular formula is C15H14ClN3O4. The summed E-state index contributed by atoms with van der Waals surface area (Å²) in [7, 11) is 1.42. The molecule has 2 aromatic rings. The fourth-order valence-electron chi connectivity index (χ4n) is 1.88. The maximum absolute atomic E-state index is 12.0. The highest BCUT2D eigenvalue weighted by molar-refractivity contribution is 6.33. The second-order valence-electron chi connectivity index (χ2n) is 4.52. The Hall–Kier alpha value is -2.80. The van der Waals surface area contributed by atoms with Crippen molar-refractivity contribution in [2.45, 2.75) is 0 Å². The molecule has 0 atom stereocenters. The number of carbonyl (C=O) groups is 1. The van der Waals surface area contributed by atoms with Crippen molar-refractivity contribution >= 4 is 34.6 Å². The van der Waals surface area contributed by atoms with Crippen molar-refractivity contribution in [3.8, 4) is 5.75 Å². The van der Waals surface area contributed by atoms with Gasteiger partial charge in [-0.15, -0.1) is 0 Å². The lowest BCUT2D eigenvalue weighted by molar-refractivity contribution is -0.384. The molecule has 0 unspecified atom stereocenters. The van der Waals surface area contributed by atoms with Gasteiger partial charge in [-0.05, 0) is 18.2 Å². The maximum Gasteiger partial charge on any atom is 0.271 e. The number of hydrogen-bond acceptors (Lipinski definition) is 5. The Morgan fingerprint density at radius 1 is 1.26 bits per heavy atom. The summed E-state index contributed by atoms with van der Waals surface area (Å²) in [4.78, 5) is 22.3. The van der Waals surface area contributed by atoms with Crippen molar-refractivity contribution < 1.29 is 14.5 Å². The lowest BCUT2D eigenvalue weighted by atomic mass is 10.2. The summed E-state index contributed by atoms with van der Waals surface area (Å²) >= 11 is 5.98. The van der Waals surface area contributed by atoms with Gasteiger partial charge in [0.05, 0.1) is 35.0 Å². The smallest absolute Gasteiger partial charge is 0.271 e. The summed E-state index contributed by atoms with van der Waals surface area (Å²) in [6, 6.07) is 11.0. The van der Waals surface area contributed by atoms with Crippen LogP contribution >= 0.6 is 11.6 Å². The van der Waals surface area contributed by atoms with Gasteiger partial charge in [0.15, 0.2) is 0 Å². The molecule has 23 heavy (non-hydrogen) atoms. The Bertz CT molecular complexity index is 736. The number of ether oxygens (including phenoxy) is 1. The predicted molar refractivity (Wildman–Crippen MR) is 88.2 cm³/mol. The number of nitrogens with one attached hydrogen (secondary N) is 2. The number of anilines is 2. The number of nitro groups is 1. The van der Waals surface area contributed by atoms with Gasteiger partial charge in [0.2, 0.25) is 5.91 Å². The zero-order chi connectivity index (χ0) is 16.8. The first kappa shape index (κ1) is 16.6. The molecule has 0 saturated heterocycles. The van der Waals surface area contributed by atoms with Gasteiger partial charge in [0.1, 0.15) is 5.75 Å². The van der Waals surface area contributed by atoms with Crippen LogP contribution in [-0.4, -0.2) is 24.5 Å². The minimum absolute atomic E-state index is 0.0461. The Morgan fingerprint density at radius 2 is 2.00 bits per heavy atom. The van der Waals surface area contributed by atoms with Gasteiger partial charge in [-0.2, -0.15) is 0 Å². The molecule has 2 aromatic carbocycles. The SMILES string of the molecule is COc1ccc([N+](=O)[O-])cc1NC(=O)CNc1ccccc1Cl. The van der Waals surface area contributed by atoms with Crippen LogP contribution < -0.4 is 15.4 Å². The van der Waals surface area contributed by atoms with Crippen molar-refractivity contribution in [2.75, 3.05) is 24.3 Å². The van der Waals surface area contributed by atoms with E-state index in [0.717, 1.165) is 0 Å². The number of carbonyl (C=O) groups excluding carboxylic acids is 1. The number of rotatable bonds is 6. The fourth-order valence-corrected chi connectivity index (χ4v) is 2.08. The average molecular weight is 336 g/mol. The summed E-state index contributed by atoms with van der Waals surface area (Å²) in [6.07, 6.45) is 0. The minimum atomic E-state index is -0.545. The third-order valence-corrected chi connectivity index (χ3v) is 3.31. The van der Waals surface area contributed by atoms with Crippen LogP contribution in [0.4, 0.5) is 17.1 Å². The monoisotopic (exact) mass is 335 g/mol. The summed E-state index contributed by atoms with van der Waals surface area (Å²) in [5, 5.41) is 16.8. The number of para-hydroxylation sites is 1. The topological polar surface area (TPSA) is 93.5 Å². The first-order valence-electron chi connectivity index (χ1n) is 6.62. The lowest BCUT2D eigenvalue weighted by Crippen LogP contribution is -2.22. The van der Waals surface area contributed by atoms with Crippen LogP contribution in [0.25, 0.3) is 0 Å². The Kier molecular flexibility index (Phi) is 5.37. The molecule has 0 heterocycles. The van der Waals surface area contributed by atoms with Crippen LogP contribution in [0.15, 0.2) is 42.5 Å². The number of amides is 1. The molecule has 2 rings (SSSR count). The Labute approximate surface area is 137 Å². The first-order valence-corrected chi connectivity index (χ1v) is 6.99. The molecule has 0 aliphatic heterocycles. The van der Waals surface area contributed by atoms with Crippen LogP contribution in [0.1, 0.15) is 0 Å². The van der Waals surface area contributed by atoms with Crippen molar-refractivity contribution in [1.82, 2.24) is 0 Å². The Balaban J connectivity index is 2.06.